The number of ether oxygens (including phenoxy) is 2. The van der Waals surface area contributed by atoms with Crippen LogP contribution in [0.2, 0.25) is 5.02 Å². The normalized spacial score (nSPS) is 15.6. The van der Waals surface area contributed by atoms with Crippen molar-refractivity contribution >= 4 is 23.0 Å². The first-order valence-electron chi connectivity index (χ1n) is 10.4. The fourth-order valence-electron chi connectivity index (χ4n) is 4.45. The number of carbonyl (C=O) groups is 1. The third-order valence-electron chi connectivity index (χ3n) is 6.05. The van der Waals surface area contributed by atoms with E-state index in [0.717, 1.165) is 33.7 Å². The Bertz CT molecular complexity index is 1350. The van der Waals surface area contributed by atoms with Gasteiger partial charge < -0.3 is 9.47 Å². The van der Waals surface area contributed by atoms with Gasteiger partial charge in [-0.2, -0.15) is 5.10 Å². The number of benzene rings is 2. The third-order valence-corrected chi connectivity index (χ3v) is 6.30. The van der Waals surface area contributed by atoms with Crippen LogP contribution < -0.4 is 9.47 Å². The second kappa shape index (κ2) is 7.95. The molecule has 0 saturated heterocycles. The van der Waals surface area contributed by atoms with Gasteiger partial charge in [0.2, 0.25) is 0 Å². The molecule has 5 rings (SSSR count). The Morgan fingerprint density at radius 1 is 1.03 bits per heavy atom. The summed E-state index contributed by atoms with van der Waals surface area (Å²) in [7, 11) is 3.22. The first-order valence-corrected chi connectivity index (χ1v) is 10.8. The smallest absolute Gasteiger partial charge is 0.166 e. The molecule has 2 aromatic heterocycles. The molecule has 7 heteroatoms. The highest BCUT2D eigenvalue weighted by Gasteiger charge is 2.29. The highest BCUT2D eigenvalue weighted by Crippen LogP contribution is 2.37. The first kappa shape index (κ1) is 20.5. The summed E-state index contributed by atoms with van der Waals surface area (Å²) in [5.41, 5.74) is 5.93. The maximum Gasteiger partial charge on any atom is 0.166 e. The zero-order chi connectivity index (χ0) is 22.4. The minimum atomic E-state index is 0.0794. The number of carbonyl (C=O) groups excluding carboxylic acids is 1. The van der Waals surface area contributed by atoms with Crippen LogP contribution in [-0.4, -0.2) is 34.6 Å². The number of methoxy groups -OCH3 is 2. The second-order valence-corrected chi connectivity index (χ2v) is 8.42. The van der Waals surface area contributed by atoms with Crippen LogP contribution in [0, 0.1) is 6.92 Å². The zero-order valence-electron chi connectivity index (χ0n) is 18.1. The van der Waals surface area contributed by atoms with E-state index in [9.17, 15) is 4.79 Å². The van der Waals surface area contributed by atoms with Crippen molar-refractivity contribution in [2.45, 2.75) is 25.7 Å². The van der Waals surface area contributed by atoms with Gasteiger partial charge in [0.25, 0.3) is 0 Å². The molecule has 32 heavy (non-hydrogen) atoms. The molecule has 0 N–H and O–H groups in total. The van der Waals surface area contributed by atoms with E-state index < -0.39 is 0 Å². The van der Waals surface area contributed by atoms with E-state index >= 15 is 0 Å². The van der Waals surface area contributed by atoms with Crippen molar-refractivity contribution in [1.29, 1.82) is 0 Å². The summed E-state index contributed by atoms with van der Waals surface area (Å²) in [5.74, 6) is 1.46. The van der Waals surface area contributed by atoms with Gasteiger partial charge in [0, 0.05) is 23.2 Å². The molecular weight excluding hydrogens is 426 g/mol. The summed E-state index contributed by atoms with van der Waals surface area (Å²) in [6.45, 7) is 1.94. The molecule has 2 aromatic carbocycles. The minimum absolute atomic E-state index is 0.0794. The first-order chi connectivity index (χ1) is 15.5. The van der Waals surface area contributed by atoms with Crippen molar-refractivity contribution in [2.75, 3.05) is 14.2 Å². The largest absolute Gasteiger partial charge is 0.493 e. The Morgan fingerprint density at radius 3 is 2.50 bits per heavy atom. The average molecular weight is 448 g/mol. The van der Waals surface area contributed by atoms with Crippen LogP contribution in [0.25, 0.3) is 16.8 Å². The number of halogens is 1. The Balaban J connectivity index is 1.61. The average Bonchev–Trinajstić information content (AvgIpc) is 3.12. The predicted octanol–water partition coefficient (Wildman–Crippen LogP) is 5.29. The topological polar surface area (TPSA) is 65.7 Å². The number of rotatable bonds is 4. The van der Waals surface area contributed by atoms with Crippen molar-refractivity contribution < 1.29 is 14.3 Å². The van der Waals surface area contributed by atoms with Gasteiger partial charge in [0.05, 0.1) is 31.2 Å². The van der Waals surface area contributed by atoms with E-state index in [1.54, 1.807) is 18.7 Å². The lowest BCUT2D eigenvalue weighted by Crippen LogP contribution is -2.21. The Morgan fingerprint density at radius 2 is 1.78 bits per heavy atom. The molecule has 1 aliphatic rings. The molecule has 0 spiro atoms. The molecule has 0 bridgehead atoms. The van der Waals surface area contributed by atoms with Gasteiger partial charge >= 0.3 is 0 Å². The summed E-state index contributed by atoms with van der Waals surface area (Å²) < 4.78 is 12.6. The number of fused-ring (bicyclic) bond motifs is 2. The lowest BCUT2D eigenvalue weighted by atomic mass is 9.82. The van der Waals surface area contributed by atoms with Gasteiger partial charge in [-0.1, -0.05) is 29.8 Å². The fraction of sp³-hybridized carbons (Fsp3) is 0.240. The van der Waals surface area contributed by atoms with Crippen molar-refractivity contribution in [3.63, 3.8) is 0 Å². The highest BCUT2D eigenvalue weighted by molar-refractivity contribution is 6.30. The molecule has 4 aromatic rings. The summed E-state index contributed by atoms with van der Waals surface area (Å²) in [4.78, 5) is 17.9. The molecule has 1 atom stereocenters. The zero-order valence-corrected chi connectivity index (χ0v) is 18.8. The van der Waals surface area contributed by atoms with E-state index in [4.69, 9.17) is 26.1 Å². The highest BCUT2D eigenvalue weighted by atomic mass is 35.5. The van der Waals surface area contributed by atoms with Crippen molar-refractivity contribution in [3.8, 4) is 22.6 Å². The fourth-order valence-corrected chi connectivity index (χ4v) is 4.57. The number of hydrogen-bond acceptors (Lipinski definition) is 5. The molecule has 0 radical (unpaired) electrons. The number of hydrogen-bond donors (Lipinski definition) is 0. The van der Waals surface area contributed by atoms with Crippen molar-refractivity contribution in [2.24, 2.45) is 0 Å². The van der Waals surface area contributed by atoms with Crippen molar-refractivity contribution in [3.05, 3.63) is 76.2 Å². The van der Waals surface area contributed by atoms with Crippen LogP contribution >= 0.6 is 11.6 Å². The molecule has 0 saturated carbocycles. The number of ketones is 1. The molecule has 0 amide bonds. The molecule has 1 unspecified atom stereocenters. The van der Waals surface area contributed by atoms with Gasteiger partial charge in [-0.15, -0.1) is 0 Å². The van der Waals surface area contributed by atoms with E-state index in [2.05, 4.69) is 5.10 Å². The molecule has 0 fully saturated rings. The van der Waals surface area contributed by atoms with Gasteiger partial charge in [-0.05, 0) is 54.7 Å². The molecule has 1 aliphatic carbocycles. The second-order valence-electron chi connectivity index (χ2n) is 7.98. The summed E-state index contributed by atoms with van der Waals surface area (Å²) >= 11 is 6.04. The van der Waals surface area contributed by atoms with E-state index in [1.165, 1.54) is 0 Å². The summed E-state index contributed by atoms with van der Waals surface area (Å²) in [6, 6.07) is 13.5. The maximum atomic E-state index is 13.0. The molecule has 162 valence electrons. The molecule has 6 nitrogen and oxygen atoms in total. The van der Waals surface area contributed by atoms with Gasteiger partial charge in [0.1, 0.15) is 0 Å². The van der Waals surface area contributed by atoms with E-state index in [0.29, 0.717) is 34.9 Å². The SMILES string of the molecule is COc1ccc(-c2c(C)nn3cc4c(nc23)CC(c2ccc(Cl)cc2)CC4=O)cc1OC. The molecular formula is C25H22ClN3O3. The number of aryl methyl sites for hydroxylation is 1. The van der Waals surface area contributed by atoms with Crippen LogP contribution in [0.1, 0.15) is 39.6 Å². The lowest BCUT2D eigenvalue weighted by molar-refractivity contribution is 0.0962. The van der Waals surface area contributed by atoms with Gasteiger partial charge in [-0.25, -0.2) is 9.50 Å². The maximum absolute atomic E-state index is 13.0. The summed E-state index contributed by atoms with van der Waals surface area (Å²) in [6.07, 6.45) is 2.95. The number of nitrogens with zero attached hydrogens (tertiary/aromatic N) is 3. The third kappa shape index (κ3) is 3.41. The lowest BCUT2D eigenvalue weighted by Gasteiger charge is -2.23. The Labute approximate surface area is 190 Å². The molecule has 0 aliphatic heterocycles. The van der Waals surface area contributed by atoms with Crippen LogP contribution in [0.3, 0.4) is 0 Å². The molecule has 2 heterocycles. The predicted molar refractivity (Wildman–Crippen MR) is 123 cm³/mol. The minimum Gasteiger partial charge on any atom is -0.493 e. The van der Waals surface area contributed by atoms with Crippen LogP contribution in [0.15, 0.2) is 48.7 Å². The van der Waals surface area contributed by atoms with Gasteiger partial charge in [-0.3, -0.25) is 4.79 Å². The number of aromatic nitrogens is 3. The van der Waals surface area contributed by atoms with E-state index in [1.807, 2.05) is 55.6 Å². The van der Waals surface area contributed by atoms with Crippen LogP contribution in [0.4, 0.5) is 0 Å². The van der Waals surface area contributed by atoms with Gasteiger partial charge in [0.15, 0.2) is 22.9 Å². The van der Waals surface area contributed by atoms with Crippen LogP contribution in [-0.2, 0) is 6.42 Å². The monoisotopic (exact) mass is 447 g/mol. The van der Waals surface area contributed by atoms with Crippen molar-refractivity contribution in [1.82, 2.24) is 14.6 Å². The van der Waals surface area contributed by atoms with Crippen LogP contribution in [0.5, 0.6) is 11.5 Å². The van der Waals surface area contributed by atoms with E-state index in [-0.39, 0.29) is 11.7 Å². The quantitative estimate of drug-likeness (QED) is 0.425. The summed E-state index contributed by atoms with van der Waals surface area (Å²) in [5, 5.41) is 5.32. The number of Topliss-reactive ketones (excluding diaryl/α,β-unsaturated/α-hetero) is 1. The standard InChI is InChI=1S/C25H22ClN3O3/c1-14-24(16-6-9-22(31-2)23(12-16)32-3)25-27-20-10-17(15-4-7-18(26)8-5-15)11-21(30)19(20)13-29(25)28-14/h4-9,12-13,17H,10-11H2,1-3H3. The Hall–Kier alpha value is -3.38. The Kier molecular flexibility index (Phi) is 5.10.